The standard InChI is InChI=1S/Au.BH3O3/c;2-1(3)4/h;2-4H. The maximum Gasteiger partial charge on any atom is 0.631 e. The van der Waals surface area contributed by atoms with E-state index in [1.807, 2.05) is 0 Å². The first-order chi connectivity index (χ1) is 1.73. The minimum Gasteiger partial charge on any atom is -0.402 e. The maximum absolute atomic E-state index is 7.17. The molecule has 35 valence electrons. The summed E-state index contributed by atoms with van der Waals surface area (Å²) < 4.78 is 0. The van der Waals surface area contributed by atoms with E-state index in [0.29, 0.717) is 0 Å². The summed E-state index contributed by atoms with van der Waals surface area (Å²) in [6, 6.07) is 0. The van der Waals surface area contributed by atoms with Gasteiger partial charge in [-0.05, 0) is 0 Å². The third-order valence-corrected chi connectivity index (χ3v) is 0. The van der Waals surface area contributed by atoms with Gasteiger partial charge in [0.05, 0.1) is 0 Å². The molecule has 0 saturated carbocycles. The van der Waals surface area contributed by atoms with Gasteiger partial charge in [-0.3, -0.25) is 0 Å². The molecule has 0 amide bonds. The molecule has 0 bridgehead atoms. The summed E-state index contributed by atoms with van der Waals surface area (Å²) in [5, 5.41) is 21.5. The molecule has 0 aliphatic carbocycles. The van der Waals surface area contributed by atoms with Crippen molar-refractivity contribution in [2.75, 3.05) is 0 Å². The molecule has 0 aromatic carbocycles. The van der Waals surface area contributed by atoms with Crippen LogP contribution in [0, 0.1) is 0 Å². The number of hydrogen-bond acceptors (Lipinski definition) is 3. The van der Waals surface area contributed by atoms with Gasteiger partial charge in [0.2, 0.25) is 0 Å². The van der Waals surface area contributed by atoms with Crippen LogP contribution in [0.25, 0.3) is 0 Å². The smallest absolute Gasteiger partial charge is 0.402 e. The van der Waals surface area contributed by atoms with Crippen LogP contribution < -0.4 is 0 Å². The quantitative estimate of drug-likeness (QED) is 0.438. The van der Waals surface area contributed by atoms with E-state index in [1.165, 1.54) is 0 Å². The molecule has 0 atom stereocenters. The van der Waals surface area contributed by atoms with Crippen LogP contribution >= 0.6 is 0 Å². The van der Waals surface area contributed by atoms with E-state index in [-0.39, 0.29) is 22.4 Å². The summed E-state index contributed by atoms with van der Waals surface area (Å²) in [4.78, 5) is 0. The molecule has 0 unspecified atom stereocenters. The van der Waals surface area contributed by atoms with Crippen molar-refractivity contribution in [3.8, 4) is 0 Å². The van der Waals surface area contributed by atoms with Gasteiger partial charge in [0.15, 0.2) is 0 Å². The van der Waals surface area contributed by atoms with Crippen LogP contribution in [0.1, 0.15) is 0 Å². The third-order valence-electron chi connectivity index (χ3n) is 0. The first-order valence-corrected chi connectivity index (χ1v) is 0.775. The minimum absolute atomic E-state index is 0. The fraction of sp³-hybridized carbons (Fsp3) is 0. The van der Waals surface area contributed by atoms with Gasteiger partial charge in [0.1, 0.15) is 0 Å². The largest absolute Gasteiger partial charge is 0.631 e. The summed E-state index contributed by atoms with van der Waals surface area (Å²) in [5.41, 5.74) is 0. The van der Waals surface area contributed by atoms with Crippen molar-refractivity contribution in [1.29, 1.82) is 0 Å². The third kappa shape index (κ3) is 72.0. The fourth-order valence-corrected chi connectivity index (χ4v) is 0. The molecular weight excluding hydrogens is 256 g/mol. The topological polar surface area (TPSA) is 60.7 Å². The van der Waals surface area contributed by atoms with Crippen LogP contribution in [0.5, 0.6) is 0 Å². The minimum atomic E-state index is -2.17. The normalized spacial score (nSPS) is 5.40. The molecule has 0 aliphatic rings. The summed E-state index contributed by atoms with van der Waals surface area (Å²) in [5.74, 6) is 0. The van der Waals surface area contributed by atoms with E-state index in [2.05, 4.69) is 0 Å². The number of rotatable bonds is 0. The Labute approximate surface area is 45.3 Å². The van der Waals surface area contributed by atoms with Gasteiger partial charge >= 0.3 is 7.32 Å². The van der Waals surface area contributed by atoms with Crippen molar-refractivity contribution in [3.63, 3.8) is 0 Å². The number of hydrogen-bond donors (Lipinski definition) is 3. The van der Waals surface area contributed by atoms with Crippen LogP contribution in [0.4, 0.5) is 0 Å². The summed E-state index contributed by atoms with van der Waals surface area (Å²) in [6.45, 7) is 0. The second kappa shape index (κ2) is 4.69. The van der Waals surface area contributed by atoms with Gasteiger partial charge in [-0.15, -0.1) is 0 Å². The van der Waals surface area contributed by atoms with Crippen LogP contribution in [-0.2, 0) is 22.4 Å². The van der Waals surface area contributed by atoms with Gasteiger partial charge in [-0.2, -0.15) is 0 Å². The molecule has 3 N–H and O–H groups in total. The van der Waals surface area contributed by atoms with Gasteiger partial charge in [-0.1, -0.05) is 0 Å². The molecule has 0 spiro atoms. The summed E-state index contributed by atoms with van der Waals surface area (Å²) in [7, 11) is -2.17. The Bertz CT molecular complexity index is 11.6. The fourth-order valence-electron chi connectivity index (χ4n) is 0. The van der Waals surface area contributed by atoms with Gasteiger partial charge in [0, 0.05) is 22.4 Å². The molecule has 0 fully saturated rings. The van der Waals surface area contributed by atoms with E-state index in [4.69, 9.17) is 15.1 Å². The van der Waals surface area contributed by atoms with Crippen molar-refractivity contribution >= 4 is 7.32 Å². The van der Waals surface area contributed by atoms with Crippen LogP contribution in [0.2, 0.25) is 0 Å². The van der Waals surface area contributed by atoms with E-state index in [0.717, 1.165) is 0 Å². The summed E-state index contributed by atoms with van der Waals surface area (Å²) >= 11 is 0. The molecule has 0 aliphatic heterocycles. The summed E-state index contributed by atoms with van der Waals surface area (Å²) in [6.07, 6.45) is 0. The SMILES string of the molecule is OB(O)O.[Au]. The first-order valence-electron chi connectivity index (χ1n) is 0.775. The zero-order valence-corrected chi connectivity index (χ0v) is 4.39. The van der Waals surface area contributed by atoms with Crippen molar-refractivity contribution in [1.82, 2.24) is 0 Å². The molecule has 0 rings (SSSR count). The molecule has 1 radical (unpaired) electrons. The predicted octanol–water partition coefficient (Wildman–Crippen LogP) is -2.05. The van der Waals surface area contributed by atoms with E-state index < -0.39 is 7.32 Å². The zero-order chi connectivity index (χ0) is 3.58. The van der Waals surface area contributed by atoms with Crippen molar-refractivity contribution < 1.29 is 37.5 Å². The molecule has 5 heteroatoms. The molecule has 0 heterocycles. The maximum atomic E-state index is 7.17. The second-order valence-electron chi connectivity index (χ2n) is 0.346. The Morgan fingerprint density at radius 2 is 1.00 bits per heavy atom. The molecular formula is H3AuBO3. The predicted molar refractivity (Wildman–Crippen MR) is 12.4 cm³/mol. The van der Waals surface area contributed by atoms with Crippen molar-refractivity contribution in [2.45, 2.75) is 0 Å². The van der Waals surface area contributed by atoms with Crippen molar-refractivity contribution in [2.24, 2.45) is 0 Å². The van der Waals surface area contributed by atoms with Crippen molar-refractivity contribution in [3.05, 3.63) is 0 Å². The van der Waals surface area contributed by atoms with Gasteiger partial charge in [0.25, 0.3) is 0 Å². The zero-order valence-electron chi connectivity index (χ0n) is 2.22. The molecule has 0 aromatic heterocycles. The van der Waals surface area contributed by atoms with Gasteiger partial charge in [-0.25, -0.2) is 0 Å². The molecule has 3 nitrogen and oxygen atoms in total. The van der Waals surface area contributed by atoms with Crippen LogP contribution in [-0.4, -0.2) is 22.4 Å². The average Bonchev–Trinajstić information content (AvgIpc) is 0.811. The Kier molecular flexibility index (Phi) is 8.61. The Morgan fingerprint density at radius 1 is 1.00 bits per heavy atom. The van der Waals surface area contributed by atoms with Crippen LogP contribution in [0.15, 0.2) is 0 Å². The van der Waals surface area contributed by atoms with Gasteiger partial charge < -0.3 is 15.1 Å². The first kappa shape index (κ1) is 9.19. The Balaban J connectivity index is 0. The Morgan fingerprint density at radius 3 is 1.00 bits per heavy atom. The van der Waals surface area contributed by atoms with E-state index in [1.54, 1.807) is 0 Å². The van der Waals surface area contributed by atoms with E-state index >= 15 is 0 Å². The molecule has 5 heavy (non-hydrogen) atoms. The molecule has 0 aromatic rings. The molecule has 0 saturated heterocycles. The second-order valence-corrected chi connectivity index (χ2v) is 0.346. The van der Waals surface area contributed by atoms with Crippen LogP contribution in [0.3, 0.4) is 0 Å². The monoisotopic (exact) mass is 259 g/mol. The Hall–Kier alpha value is 0.685. The average molecular weight is 259 g/mol. The van der Waals surface area contributed by atoms with E-state index in [9.17, 15) is 0 Å².